The normalized spacial score (nSPS) is 17.1. The Morgan fingerprint density at radius 1 is 1.42 bits per heavy atom. The van der Waals surface area contributed by atoms with Crippen LogP contribution in [0.1, 0.15) is 16.7 Å². The van der Waals surface area contributed by atoms with E-state index >= 15 is 0 Å². The zero-order valence-corrected chi connectivity index (χ0v) is 18.6. The number of hydrogen-bond donors (Lipinski definition) is 0. The van der Waals surface area contributed by atoms with E-state index in [1.165, 1.54) is 9.49 Å². The molecule has 1 aliphatic rings. The predicted molar refractivity (Wildman–Crippen MR) is 78.9 cm³/mol. The van der Waals surface area contributed by atoms with E-state index in [1.54, 1.807) is 6.07 Å². The SMILES string of the molecule is Cc1cc(=O)oc2c(C)c3c(cc12)CC([CH2][Hg][I])O3. The van der Waals surface area contributed by atoms with Crippen LogP contribution >= 0.6 is 17.7 Å². The molecule has 0 saturated heterocycles. The van der Waals surface area contributed by atoms with Crippen molar-refractivity contribution >= 4 is 28.6 Å². The van der Waals surface area contributed by atoms with E-state index in [2.05, 4.69) is 23.7 Å². The van der Waals surface area contributed by atoms with Gasteiger partial charge in [0.1, 0.15) is 0 Å². The van der Waals surface area contributed by atoms with E-state index < -0.39 is 20.2 Å². The van der Waals surface area contributed by atoms with Crippen LogP contribution < -0.4 is 10.4 Å². The molecule has 1 aromatic carbocycles. The number of benzene rings is 1. The molecule has 2 aromatic rings. The third-order valence-electron chi connectivity index (χ3n) is 3.66. The van der Waals surface area contributed by atoms with Gasteiger partial charge in [-0.15, -0.1) is 0 Å². The van der Waals surface area contributed by atoms with Gasteiger partial charge in [0, 0.05) is 0 Å². The summed E-state index contributed by atoms with van der Waals surface area (Å²) in [6.45, 7) is 3.94. The molecule has 0 fully saturated rings. The number of halogens is 1. The second kappa shape index (κ2) is 5.35. The standard InChI is InChI=1S/C14H13O3.Hg.HI/c1-7-4-12(15)17-14-9(3)13-10(6-11(7)14)5-8(2)16-13;;/h4,6,8H,2,5H2,1,3H3;;1H/q;+1;/p-1. The van der Waals surface area contributed by atoms with Crippen molar-refractivity contribution in [2.45, 2.75) is 30.3 Å². The summed E-state index contributed by atoms with van der Waals surface area (Å²) in [5.74, 6) is 0.949. The van der Waals surface area contributed by atoms with Gasteiger partial charge in [-0.05, 0) is 0 Å². The third-order valence-corrected chi connectivity index (χ3v) is 12.5. The van der Waals surface area contributed by atoms with E-state index in [1.807, 2.05) is 13.8 Å². The Morgan fingerprint density at radius 2 is 2.21 bits per heavy atom. The minimum absolute atomic E-state index is 0.285. The average Bonchev–Trinajstić information content (AvgIpc) is 2.75. The molecule has 2 heterocycles. The van der Waals surface area contributed by atoms with Crippen LogP contribution in [0.15, 0.2) is 21.3 Å². The number of fused-ring (bicyclic) bond motifs is 2. The molecule has 3 rings (SSSR count). The zero-order valence-electron chi connectivity index (χ0n) is 11.0. The molecule has 5 heteroatoms. The van der Waals surface area contributed by atoms with Crippen LogP contribution in [0.5, 0.6) is 5.75 Å². The molecule has 0 aliphatic carbocycles. The van der Waals surface area contributed by atoms with Gasteiger partial charge in [-0.3, -0.25) is 0 Å². The zero-order chi connectivity index (χ0) is 13.6. The fraction of sp³-hybridized carbons (Fsp3) is 0.357. The van der Waals surface area contributed by atoms with Crippen LogP contribution in [-0.2, 0) is 26.7 Å². The first-order chi connectivity index (χ1) is 9.10. The van der Waals surface area contributed by atoms with Crippen LogP contribution in [0.25, 0.3) is 11.0 Å². The molecule has 1 unspecified atom stereocenters. The average molecular weight is 557 g/mol. The van der Waals surface area contributed by atoms with Gasteiger partial charge in [-0.2, -0.15) is 0 Å². The van der Waals surface area contributed by atoms with Gasteiger partial charge in [-0.25, -0.2) is 0 Å². The molecular weight excluding hydrogens is 544 g/mol. The summed E-state index contributed by atoms with van der Waals surface area (Å²) in [6.07, 6.45) is 1.37. The van der Waals surface area contributed by atoms with Crippen LogP contribution in [0.3, 0.4) is 0 Å². The first kappa shape index (κ1) is 13.9. The van der Waals surface area contributed by atoms with Crippen LogP contribution in [0.4, 0.5) is 0 Å². The van der Waals surface area contributed by atoms with Crippen molar-refractivity contribution < 1.29 is 29.4 Å². The van der Waals surface area contributed by atoms with Crippen molar-refractivity contribution in [3.8, 4) is 5.75 Å². The van der Waals surface area contributed by atoms with Gasteiger partial charge in [-0.1, -0.05) is 0 Å². The van der Waals surface area contributed by atoms with Gasteiger partial charge in [0.25, 0.3) is 0 Å². The molecule has 0 N–H and O–H groups in total. The fourth-order valence-corrected chi connectivity index (χ4v) is 11.0. The van der Waals surface area contributed by atoms with E-state index in [-0.39, 0.29) is 5.63 Å². The summed E-state index contributed by atoms with van der Waals surface area (Å²) in [5, 5.41) is 1.04. The summed E-state index contributed by atoms with van der Waals surface area (Å²) < 4.78 is 12.7. The Labute approximate surface area is 132 Å². The molecule has 19 heavy (non-hydrogen) atoms. The molecule has 0 radical (unpaired) electrons. The number of rotatable bonds is 2. The Hall–Kier alpha value is -0.105. The summed E-state index contributed by atoms with van der Waals surface area (Å²) in [7, 11) is 0. The van der Waals surface area contributed by atoms with Crippen molar-refractivity contribution in [1.82, 2.24) is 0 Å². The maximum absolute atomic E-state index is 11.5. The van der Waals surface area contributed by atoms with E-state index in [0.29, 0.717) is 11.7 Å². The van der Waals surface area contributed by atoms with Crippen LogP contribution in [-0.4, -0.2) is 6.10 Å². The van der Waals surface area contributed by atoms with Crippen LogP contribution in [0, 0.1) is 13.8 Å². The van der Waals surface area contributed by atoms with Gasteiger partial charge in [0.15, 0.2) is 0 Å². The van der Waals surface area contributed by atoms with Gasteiger partial charge < -0.3 is 0 Å². The molecule has 1 aromatic heterocycles. The first-order valence-electron chi connectivity index (χ1n) is 6.39. The fourth-order valence-electron chi connectivity index (χ4n) is 2.71. The second-order valence-corrected chi connectivity index (χ2v) is 18.2. The third kappa shape index (κ3) is 2.46. The van der Waals surface area contributed by atoms with E-state index in [4.69, 9.17) is 9.15 Å². The quantitative estimate of drug-likeness (QED) is 0.323. The first-order valence-corrected chi connectivity index (χ1v) is 25.7. The maximum atomic E-state index is 11.5. The molecule has 0 saturated carbocycles. The molecule has 96 valence electrons. The van der Waals surface area contributed by atoms with Gasteiger partial charge in [0.2, 0.25) is 0 Å². The number of ether oxygens (including phenoxy) is 1. The summed E-state index contributed by atoms with van der Waals surface area (Å²) in [6, 6.07) is 3.70. The molecule has 3 nitrogen and oxygen atoms in total. The van der Waals surface area contributed by atoms with Crippen molar-refractivity contribution in [2.24, 2.45) is 0 Å². The Balaban J connectivity index is 2.20. The molecule has 0 spiro atoms. The van der Waals surface area contributed by atoms with Crippen molar-refractivity contribution in [1.29, 1.82) is 0 Å². The Kier molecular flexibility index (Phi) is 3.90. The summed E-state index contributed by atoms with van der Waals surface area (Å²) >= 11 is 1.89. The van der Waals surface area contributed by atoms with E-state index in [9.17, 15) is 4.79 Å². The van der Waals surface area contributed by atoms with Crippen molar-refractivity contribution in [3.05, 3.63) is 39.2 Å². The molecule has 0 bridgehead atoms. The Bertz CT molecular complexity index is 708. The second-order valence-electron chi connectivity index (χ2n) is 5.04. The molecule has 1 aliphatic heterocycles. The number of aryl methyl sites for hydroxylation is 2. The minimum atomic E-state index is -0.701. The number of hydrogen-bond acceptors (Lipinski definition) is 3. The summed E-state index contributed by atoms with van der Waals surface area (Å²) in [4.78, 5) is 11.5. The molecular formula is C14H13HgIO3. The molecule has 0 amide bonds. The monoisotopic (exact) mass is 558 g/mol. The summed E-state index contributed by atoms with van der Waals surface area (Å²) in [5.41, 5.74) is 3.62. The van der Waals surface area contributed by atoms with Gasteiger partial charge >= 0.3 is 133 Å². The Morgan fingerprint density at radius 3 is 2.95 bits per heavy atom. The van der Waals surface area contributed by atoms with E-state index in [0.717, 1.165) is 28.7 Å². The van der Waals surface area contributed by atoms with Gasteiger partial charge in [0.05, 0.1) is 0 Å². The van der Waals surface area contributed by atoms with Crippen LogP contribution in [0.2, 0.25) is 3.93 Å². The van der Waals surface area contributed by atoms with Crippen molar-refractivity contribution in [2.75, 3.05) is 0 Å². The van der Waals surface area contributed by atoms with Crippen molar-refractivity contribution in [3.63, 3.8) is 0 Å². The molecule has 1 atom stereocenters. The topological polar surface area (TPSA) is 39.4 Å². The predicted octanol–water partition coefficient (Wildman–Crippen LogP) is 3.56.